The largest absolute Gasteiger partial charge is 0.466 e. The third-order valence-corrected chi connectivity index (χ3v) is 8.09. The Morgan fingerprint density at radius 3 is 2.59 bits per heavy atom. The van der Waals surface area contributed by atoms with Crippen molar-refractivity contribution in [3.8, 4) is 0 Å². The summed E-state index contributed by atoms with van der Waals surface area (Å²) in [6.45, 7) is 4.12. The van der Waals surface area contributed by atoms with Gasteiger partial charge in [-0.1, -0.05) is 30.3 Å². The van der Waals surface area contributed by atoms with Gasteiger partial charge in [0.1, 0.15) is 0 Å². The van der Waals surface area contributed by atoms with Gasteiger partial charge in [-0.05, 0) is 42.9 Å². The Morgan fingerprint density at radius 2 is 1.91 bits per heavy atom. The van der Waals surface area contributed by atoms with Gasteiger partial charge in [-0.3, -0.25) is 9.59 Å². The van der Waals surface area contributed by atoms with Crippen molar-refractivity contribution in [3.05, 3.63) is 54.1 Å². The number of carbonyl (C=O) groups is 2. The number of benzene rings is 2. The molecule has 0 spiro atoms. The summed E-state index contributed by atoms with van der Waals surface area (Å²) in [7, 11) is -3.93. The van der Waals surface area contributed by atoms with Crippen molar-refractivity contribution in [2.75, 3.05) is 30.3 Å². The zero-order valence-corrected chi connectivity index (χ0v) is 20.0. The standard InChI is InChI=1S/C23H28N2O5S2/c1-3-30-23(27)12-14-24(17-19-8-5-4-6-9-19)32(28,29)20-10-11-22-21(16-20)25(18(2)26)13-7-15-31-22/h4-6,8-11,16H,3,7,12-15,17H2,1-2H3. The van der Waals surface area contributed by atoms with E-state index in [-0.39, 0.29) is 36.9 Å². The Balaban J connectivity index is 1.96. The minimum atomic E-state index is -3.93. The predicted molar refractivity (Wildman–Crippen MR) is 125 cm³/mol. The van der Waals surface area contributed by atoms with Crippen molar-refractivity contribution in [1.82, 2.24) is 4.31 Å². The first-order valence-electron chi connectivity index (χ1n) is 10.6. The van der Waals surface area contributed by atoms with E-state index < -0.39 is 16.0 Å². The van der Waals surface area contributed by atoms with Crippen LogP contribution in [0, 0.1) is 0 Å². The van der Waals surface area contributed by atoms with Crippen LogP contribution in [0.15, 0.2) is 58.3 Å². The number of fused-ring (bicyclic) bond motifs is 1. The summed E-state index contributed by atoms with van der Waals surface area (Å²) >= 11 is 1.62. The van der Waals surface area contributed by atoms with E-state index in [4.69, 9.17) is 4.74 Å². The maximum Gasteiger partial charge on any atom is 0.307 e. The maximum absolute atomic E-state index is 13.6. The van der Waals surface area contributed by atoms with Gasteiger partial charge in [0.05, 0.1) is 23.6 Å². The fourth-order valence-corrected chi connectivity index (χ4v) is 5.94. The summed E-state index contributed by atoms with van der Waals surface area (Å²) in [5, 5.41) is 0. The molecule has 0 aliphatic carbocycles. The van der Waals surface area contributed by atoms with Gasteiger partial charge in [0, 0.05) is 31.5 Å². The summed E-state index contributed by atoms with van der Waals surface area (Å²) in [6, 6.07) is 14.2. The zero-order valence-electron chi connectivity index (χ0n) is 18.3. The molecule has 0 aromatic heterocycles. The average Bonchev–Trinajstić information content (AvgIpc) is 2.99. The highest BCUT2D eigenvalue weighted by Gasteiger charge is 2.28. The number of hydrogen-bond acceptors (Lipinski definition) is 6. The van der Waals surface area contributed by atoms with Gasteiger partial charge in [0.2, 0.25) is 15.9 Å². The van der Waals surface area contributed by atoms with Crippen LogP contribution in [0.3, 0.4) is 0 Å². The molecule has 0 atom stereocenters. The van der Waals surface area contributed by atoms with Gasteiger partial charge in [0.15, 0.2) is 0 Å². The molecular formula is C23H28N2O5S2. The van der Waals surface area contributed by atoms with E-state index in [9.17, 15) is 18.0 Å². The molecule has 1 aliphatic rings. The number of sulfonamides is 1. The molecule has 3 rings (SSSR count). The lowest BCUT2D eigenvalue weighted by atomic mass is 10.2. The first kappa shape index (κ1) is 24.3. The molecule has 172 valence electrons. The van der Waals surface area contributed by atoms with Gasteiger partial charge >= 0.3 is 5.97 Å². The predicted octanol–water partition coefficient (Wildman–Crippen LogP) is 3.68. The van der Waals surface area contributed by atoms with Gasteiger partial charge < -0.3 is 9.64 Å². The average molecular weight is 477 g/mol. The number of nitrogens with zero attached hydrogens (tertiary/aromatic N) is 2. The molecule has 0 saturated heterocycles. The van der Waals surface area contributed by atoms with Crippen LogP contribution in [0.2, 0.25) is 0 Å². The molecule has 0 radical (unpaired) electrons. The van der Waals surface area contributed by atoms with Crippen molar-refractivity contribution in [2.24, 2.45) is 0 Å². The molecule has 0 N–H and O–H groups in total. The van der Waals surface area contributed by atoms with Crippen LogP contribution < -0.4 is 4.90 Å². The number of carbonyl (C=O) groups excluding carboxylic acids is 2. The number of anilines is 1. The zero-order chi connectivity index (χ0) is 23.1. The number of esters is 1. The topological polar surface area (TPSA) is 84.0 Å². The van der Waals surface area contributed by atoms with Crippen LogP contribution in [0.25, 0.3) is 0 Å². The highest BCUT2D eigenvalue weighted by Crippen LogP contribution is 2.36. The Labute approximate surface area is 193 Å². The molecule has 0 bridgehead atoms. The Morgan fingerprint density at radius 1 is 1.16 bits per heavy atom. The molecule has 0 fully saturated rings. The lowest BCUT2D eigenvalue weighted by Crippen LogP contribution is -2.33. The Kier molecular flexibility index (Phi) is 8.33. The van der Waals surface area contributed by atoms with E-state index in [2.05, 4.69) is 0 Å². The minimum absolute atomic E-state index is 0.00167. The molecule has 9 heteroatoms. The van der Waals surface area contributed by atoms with E-state index in [1.54, 1.807) is 41.8 Å². The molecule has 0 saturated carbocycles. The molecule has 1 heterocycles. The van der Waals surface area contributed by atoms with Crippen LogP contribution >= 0.6 is 11.8 Å². The van der Waals surface area contributed by atoms with Crippen LogP contribution in [-0.4, -0.2) is 50.0 Å². The van der Waals surface area contributed by atoms with Crippen molar-refractivity contribution in [1.29, 1.82) is 0 Å². The first-order chi connectivity index (χ1) is 15.3. The molecule has 1 amide bonds. The number of thioether (sulfide) groups is 1. The molecular weight excluding hydrogens is 448 g/mol. The second-order valence-corrected chi connectivity index (χ2v) is 10.5. The third kappa shape index (κ3) is 5.90. The second kappa shape index (κ2) is 11.0. The Bertz CT molecular complexity index is 1060. The fourth-order valence-electron chi connectivity index (χ4n) is 3.51. The molecule has 7 nitrogen and oxygen atoms in total. The maximum atomic E-state index is 13.6. The number of rotatable bonds is 8. The number of amides is 1. The quantitative estimate of drug-likeness (QED) is 0.541. The van der Waals surface area contributed by atoms with Crippen LogP contribution in [0.5, 0.6) is 0 Å². The molecule has 0 unspecified atom stereocenters. The third-order valence-electron chi connectivity index (χ3n) is 5.10. The van der Waals surface area contributed by atoms with E-state index >= 15 is 0 Å². The van der Waals surface area contributed by atoms with E-state index in [0.29, 0.717) is 12.2 Å². The normalized spacial score (nSPS) is 14.0. The van der Waals surface area contributed by atoms with Gasteiger partial charge in [-0.15, -0.1) is 11.8 Å². The summed E-state index contributed by atoms with van der Waals surface area (Å²) in [5.41, 5.74) is 1.43. The van der Waals surface area contributed by atoms with Crippen molar-refractivity contribution in [3.63, 3.8) is 0 Å². The van der Waals surface area contributed by atoms with Crippen LogP contribution in [0.4, 0.5) is 5.69 Å². The van der Waals surface area contributed by atoms with Gasteiger partial charge in [-0.25, -0.2) is 8.42 Å². The molecule has 2 aromatic carbocycles. The monoisotopic (exact) mass is 476 g/mol. The van der Waals surface area contributed by atoms with E-state index in [1.165, 1.54) is 11.2 Å². The first-order valence-corrected chi connectivity index (χ1v) is 13.0. The van der Waals surface area contributed by atoms with Crippen LogP contribution in [0.1, 0.15) is 32.3 Å². The van der Waals surface area contributed by atoms with Crippen LogP contribution in [-0.2, 0) is 30.9 Å². The number of ether oxygens (including phenoxy) is 1. The summed E-state index contributed by atoms with van der Waals surface area (Å²) in [6.07, 6.45) is 0.793. The summed E-state index contributed by atoms with van der Waals surface area (Å²) < 4.78 is 33.5. The fraction of sp³-hybridized carbons (Fsp3) is 0.391. The van der Waals surface area contributed by atoms with E-state index in [0.717, 1.165) is 22.6 Å². The number of hydrogen-bond donors (Lipinski definition) is 0. The molecule has 32 heavy (non-hydrogen) atoms. The highest BCUT2D eigenvalue weighted by molar-refractivity contribution is 7.99. The minimum Gasteiger partial charge on any atom is -0.466 e. The highest BCUT2D eigenvalue weighted by atomic mass is 32.2. The Hall–Kier alpha value is -2.36. The second-order valence-electron chi connectivity index (χ2n) is 7.38. The summed E-state index contributed by atoms with van der Waals surface area (Å²) in [5.74, 6) is 0.302. The molecule has 1 aliphatic heterocycles. The van der Waals surface area contributed by atoms with Crippen molar-refractivity contribution < 1.29 is 22.7 Å². The van der Waals surface area contributed by atoms with Gasteiger partial charge in [-0.2, -0.15) is 4.31 Å². The summed E-state index contributed by atoms with van der Waals surface area (Å²) in [4.78, 5) is 26.7. The molecule has 2 aromatic rings. The van der Waals surface area contributed by atoms with Gasteiger partial charge in [0.25, 0.3) is 0 Å². The van der Waals surface area contributed by atoms with Crippen molar-refractivity contribution >= 4 is 39.3 Å². The SMILES string of the molecule is CCOC(=O)CCN(Cc1ccccc1)S(=O)(=O)c1ccc2c(c1)N(C(C)=O)CCCS2. The van der Waals surface area contributed by atoms with E-state index in [1.807, 2.05) is 30.3 Å². The lowest BCUT2D eigenvalue weighted by molar-refractivity contribution is -0.143. The lowest BCUT2D eigenvalue weighted by Gasteiger charge is -2.25. The van der Waals surface area contributed by atoms with Crippen molar-refractivity contribution in [2.45, 2.75) is 43.0 Å². The smallest absolute Gasteiger partial charge is 0.307 e.